The van der Waals surface area contributed by atoms with Gasteiger partial charge in [-0.3, -0.25) is 9.52 Å². The van der Waals surface area contributed by atoms with Crippen LogP contribution in [-0.2, 0) is 10.0 Å². The summed E-state index contributed by atoms with van der Waals surface area (Å²) >= 11 is 3.37. The molecule has 0 aliphatic rings. The van der Waals surface area contributed by atoms with Crippen molar-refractivity contribution in [3.05, 3.63) is 81.8 Å². The summed E-state index contributed by atoms with van der Waals surface area (Å²) in [6, 6.07) is 16.6. The van der Waals surface area contributed by atoms with Gasteiger partial charge in [-0.1, -0.05) is 22.0 Å². The van der Waals surface area contributed by atoms with Crippen LogP contribution in [0.3, 0.4) is 0 Å². The Bertz CT molecular complexity index is 1240. The van der Waals surface area contributed by atoms with Crippen molar-refractivity contribution in [2.75, 3.05) is 10.0 Å². The zero-order valence-corrected chi connectivity index (χ0v) is 20.7. The Hall–Kier alpha value is -2.84. The molecule has 8 heteroatoms. The largest absolute Gasteiger partial charge is 0.490 e. The standard InChI is InChI=1S/C24H25BrN2O4S/c1-15(2)31-23-12-6-18(25)14-22(23)24(28)26-19-8-10-21(11-9-19)32(29,30)27-20-7-5-16(3)17(4)13-20/h5-15,27H,1-4H3,(H,26,28). The van der Waals surface area contributed by atoms with Gasteiger partial charge in [0.25, 0.3) is 15.9 Å². The third kappa shape index (κ3) is 5.89. The van der Waals surface area contributed by atoms with Crippen LogP contribution in [0.25, 0.3) is 0 Å². The van der Waals surface area contributed by atoms with Crippen LogP contribution < -0.4 is 14.8 Å². The molecule has 0 spiro atoms. The van der Waals surface area contributed by atoms with Crippen molar-refractivity contribution in [2.24, 2.45) is 0 Å². The zero-order chi connectivity index (χ0) is 23.5. The van der Waals surface area contributed by atoms with E-state index < -0.39 is 10.0 Å². The Kier molecular flexibility index (Phi) is 7.26. The number of halogens is 1. The van der Waals surface area contributed by atoms with Gasteiger partial charge in [0.1, 0.15) is 5.75 Å². The predicted octanol–water partition coefficient (Wildman–Crippen LogP) is 5.91. The van der Waals surface area contributed by atoms with Crippen molar-refractivity contribution in [3.63, 3.8) is 0 Å². The molecule has 0 fully saturated rings. The van der Waals surface area contributed by atoms with E-state index in [0.717, 1.165) is 15.6 Å². The highest BCUT2D eigenvalue weighted by Crippen LogP contribution is 2.26. The van der Waals surface area contributed by atoms with Gasteiger partial charge in [0, 0.05) is 15.8 Å². The van der Waals surface area contributed by atoms with Gasteiger partial charge in [0.15, 0.2) is 0 Å². The molecule has 0 heterocycles. The average molecular weight is 517 g/mol. The van der Waals surface area contributed by atoms with Crippen molar-refractivity contribution in [1.29, 1.82) is 0 Å². The summed E-state index contributed by atoms with van der Waals surface area (Å²) in [7, 11) is -3.76. The van der Waals surface area contributed by atoms with E-state index >= 15 is 0 Å². The van der Waals surface area contributed by atoms with Crippen LogP contribution in [0.2, 0.25) is 0 Å². The maximum absolute atomic E-state index is 12.8. The van der Waals surface area contributed by atoms with E-state index in [2.05, 4.69) is 26.0 Å². The number of ether oxygens (including phenoxy) is 1. The van der Waals surface area contributed by atoms with Gasteiger partial charge in [-0.25, -0.2) is 8.42 Å². The molecule has 32 heavy (non-hydrogen) atoms. The van der Waals surface area contributed by atoms with E-state index in [1.54, 1.807) is 42.5 Å². The number of carbonyl (C=O) groups is 1. The number of carbonyl (C=O) groups excluding carboxylic acids is 1. The molecule has 1 amide bonds. The Morgan fingerprint density at radius 1 is 0.906 bits per heavy atom. The normalized spacial score (nSPS) is 11.3. The van der Waals surface area contributed by atoms with Crippen molar-refractivity contribution in [1.82, 2.24) is 0 Å². The van der Waals surface area contributed by atoms with Gasteiger partial charge < -0.3 is 10.1 Å². The van der Waals surface area contributed by atoms with E-state index in [1.165, 1.54) is 12.1 Å². The Morgan fingerprint density at radius 3 is 2.19 bits per heavy atom. The zero-order valence-electron chi connectivity index (χ0n) is 18.3. The molecule has 168 valence electrons. The molecule has 3 aromatic carbocycles. The Labute approximate surface area is 197 Å². The fourth-order valence-electron chi connectivity index (χ4n) is 2.97. The molecule has 0 radical (unpaired) electrons. The number of hydrogen-bond acceptors (Lipinski definition) is 4. The Morgan fingerprint density at radius 2 is 1.56 bits per heavy atom. The number of aryl methyl sites for hydroxylation is 2. The molecule has 0 aliphatic heterocycles. The van der Waals surface area contributed by atoms with E-state index in [-0.39, 0.29) is 16.9 Å². The van der Waals surface area contributed by atoms with E-state index in [9.17, 15) is 13.2 Å². The minimum Gasteiger partial charge on any atom is -0.490 e. The lowest BCUT2D eigenvalue weighted by Gasteiger charge is -2.15. The number of anilines is 2. The number of benzene rings is 3. The van der Waals surface area contributed by atoms with Crippen LogP contribution in [-0.4, -0.2) is 20.4 Å². The second-order valence-electron chi connectivity index (χ2n) is 7.69. The fraction of sp³-hybridized carbons (Fsp3) is 0.208. The SMILES string of the molecule is Cc1ccc(NS(=O)(=O)c2ccc(NC(=O)c3cc(Br)ccc3OC(C)C)cc2)cc1C. The second-order valence-corrected chi connectivity index (χ2v) is 10.3. The van der Waals surface area contributed by atoms with Crippen LogP contribution in [0.15, 0.2) is 70.0 Å². The second kappa shape index (κ2) is 9.75. The number of amides is 1. The van der Waals surface area contributed by atoms with E-state index in [1.807, 2.05) is 33.8 Å². The first-order valence-corrected chi connectivity index (χ1v) is 12.3. The summed E-state index contributed by atoms with van der Waals surface area (Å²) in [5.74, 6) is 0.114. The minimum absolute atomic E-state index is 0.0861. The average Bonchev–Trinajstić information content (AvgIpc) is 2.72. The molecule has 0 atom stereocenters. The fourth-order valence-corrected chi connectivity index (χ4v) is 4.38. The third-order valence-electron chi connectivity index (χ3n) is 4.73. The van der Waals surface area contributed by atoms with Gasteiger partial charge in [0.2, 0.25) is 0 Å². The molecular formula is C24H25BrN2O4S. The molecule has 2 N–H and O–H groups in total. The molecule has 0 aliphatic carbocycles. The summed E-state index contributed by atoms with van der Waals surface area (Å²) in [5, 5.41) is 2.79. The van der Waals surface area contributed by atoms with Crippen molar-refractivity contribution >= 4 is 43.2 Å². The first-order chi connectivity index (χ1) is 15.0. The highest BCUT2D eigenvalue weighted by atomic mass is 79.9. The quantitative estimate of drug-likeness (QED) is 0.408. The summed E-state index contributed by atoms with van der Waals surface area (Å²) < 4.78 is 34.5. The predicted molar refractivity (Wildman–Crippen MR) is 131 cm³/mol. The van der Waals surface area contributed by atoms with Crippen LogP contribution >= 0.6 is 15.9 Å². The van der Waals surface area contributed by atoms with Gasteiger partial charge in [-0.15, -0.1) is 0 Å². The highest BCUT2D eigenvalue weighted by Gasteiger charge is 2.17. The van der Waals surface area contributed by atoms with Crippen LogP contribution in [0.1, 0.15) is 35.3 Å². The van der Waals surface area contributed by atoms with Gasteiger partial charge in [-0.05, 0) is 93.4 Å². The first kappa shape index (κ1) is 23.8. The molecule has 3 aromatic rings. The minimum atomic E-state index is -3.76. The summed E-state index contributed by atoms with van der Waals surface area (Å²) in [6.07, 6.45) is -0.0861. The van der Waals surface area contributed by atoms with Gasteiger partial charge >= 0.3 is 0 Å². The smallest absolute Gasteiger partial charge is 0.261 e. The molecule has 6 nitrogen and oxygen atoms in total. The molecule has 3 rings (SSSR count). The van der Waals surface area contributed by atoms with Crippen LogP contribution in [0.4, 0.5) is 11.4 Å². The lowest BCUT2D eigenvalue weighted by molar-refractivity contribution is 0.102. The molecule has 0 unspecified atom stereocenters. The topological polar surface area (TPSA) is 84.5 Å². The lowest BCUT2D eigenvalue weighted by Crippen LogP contribution is -2.16. The summed E-state index contributed by atoms with van der Waals surface area (Å²) in [4.78, 5) is 12.9. The molecule has 0 saturated carbocycles. The summed E-state index contributed by atoms with van der Waals surface area (Å²) in [5.41, 5.74) is 3.42. The molecule has 0 aromatic heterocycles. The first-order valence-electron chi connectivity index (χ1n) is 10.0. The van der Waals surface area contributed by atoms with Gasteiger partial charge in [0.05, 0.1) is 16.6 Å². The Balaban J connectivity index is 1.76. The van der Waals surface area contributed by atoms with Crippen molar-refractivity contribution < 1.29 is 17.9 Å². The lowest BCUT2D eigenvalue weighted by atomic mass is 10.1. The maximum Gasteiger partial charge on any atom is 0.261 e. The van der Waals surface area contributed by atoms with Crippen LogP contribution in [0, 0.1) is 13.8 Å². The highest BCUT2D eigenvalue weighted by molar-refractivity contribution is 9.10. The maximum atomic E-state index is 12.8. The monoisotopic (exact) mass is 516 g/mol. The van der Waals surface area contributed by atoms with Gasteiger partial charge in [-0.2, -0.15) is 0 Å². The van der Waals surface area contributed by atoms with E-state index in [4.69, 9.17) is 4.74 Å². The number of sulfonamides is 1. The third-order valence-corrected chi connectivity index (χ3v) is 6.62. The van der Waals surface area contributed by atoms with E-state index in [0.29, 0.717) is 22.7 Å². The number of nitrogens with one attached hydrogen (secondary N) is 2. The van der Waals surface area contributed by atoms with Crippen LogP contribution in [0.5, 0.6) is 5.75 Å². The molecular weight excluding hydrogens is 492 g/mol. The number of hydrogen-bond donors (Lipinski definition) is 2. The molecule has 0 saturated heterocycles. The van der Waals surface area contributed by atoms with Crippen molar-refractivity contribution in [2.45, 2.75) is 38.7 Å². The summed E-state index contributed by atoms with van der Waals surface area (Å²) in [6.45, 7) is 7.66. The molecule has 0 bridgehead atoms. The van der Waals surface area contributed by atoms with Crippen molar-refractivity contribution in [3.8, 4) is 5.75 Å². The number of rotatable bonds is 7.